The Kier molecular flexibility index (Phi) is 4.95. The van der Waals surface area contributed by atoms with E-state index in [-0.39, 0.29) is 10.8 Å². The molecule has 0 aliphatic heterocycles. The van der Waals surface area contributed by atoms with Gasteiger partial charge in [0.15, 0.2) is 15.0 Å². The third kappa shape index (κ3) is 4.25. The van der Waals surface area contributed by atoms with E-state index in [1.807, 2.05) is 0 Å². The van der Waals surface area contributed by atoms with Crippen LogP contribution in [0.5, 0.6) is 0 Å². The molecule has 2 aromatic rings. The average molecular weight is 326 g/mol. The maximum atomic E-state index is 11.7. The van der Waals surface area contributed by atoms with Gasteiger partial charge in [-0.2, -0.15) is 0 Å². The van der Waals surface area contributed by atoms with E-state index in [4.69, 9.17) is 0 Å². The summed E-state index contributed by atoms with van der Waals surface area (Å²) in [7, 11) is -3.23. The van der Waals surface area contributed by atoms with Gasteiger partial charge in [0.2, 0.25) is 5.91 Å². The summed E-state index contributed by atoms with van der Waals surface area (Å²) in [6, 6.07) is 4.79. The Bertz CT molecular complexity index is 751. The topological polar surface area (TPSA) is 76.1 Å². The van der Waals surface area contributed by atoms with Gasteiger partial charge in [-0.3, -0.25) is 4.79 Å². The Hall–Kier alpha value is -1.47. The Balaban J connectivity index is 2.14. The molecule has 114 valence electrons. The summed E-state index contributed by atoms with van der Waals surface area (Å²) in [4.78, 5) is 16.3. The molecule has 0 unspecified atom stereocenters. The summed E-state index contributed by atoms with van der Waals surface area (Å²) in [5.41, 5.74) is 0.691. The summed E-state index contributed by atoms with van der Waals surface area (Å²) in [5, 5.41) is 3.28. The fraction of sp³-hybridized carbons (Fsp3) is 0.429. The highest BCUT2D eigenvalue weighted by Gasteiger charge is 2.12. The number of hydrogen-bond acceptors (Lipinski definition) is 5. The molecule has 7 heteroatoms. The Morgan fingerprint density at radius 1 is 1.33 bits per heavy atom. The van der Waals surface area contributed by atoms with Gasteiger partial charge in [-0.1, -0.05) is 31.1 Å². The minimum atomic E-state index is -3.23. The number of aromatic nitrogens is 1. The van der Waals surface area contributed by atoms with E-state index < -0.39 is 9.84 Å². The predicted molar refractivity (Wildman–Crippen MR) is 85.5 cm³/mol. The number of carbonyl (C=O) groups is 1. The smallest absolute Gasteiger partial charge is 0.226 e. The molecule has 0 saturated heterocycles. The van der Waals surface area contributed by atoms with Gasteiger partial charge >= 0.3 is 0 Å². The number of nitrogens with zero attached hydrogens (tertiary/aromatic N) is 1. The average Bonchev–Trinajstić information content (AvgIpc) is 2.78. The van der Waals surface area contributed by atoms with E-state index in [2.05, 4.69) is 17.2 Å². The zero-order chi connectivity index (χ0) is 15.5. The van der Waals surface area contributed by atoms with Gasteiger partial charge in [-0.15, -0.1) is 0 Å². The van der Waals surface area contributed by atoms with Gasteiger partial charge in [0.1, 0.15) is 0 Å². The number of fused-ring (bicyclic) bond motifs is 1. The van der Waals surface area contributed by atoms with E-state index in [0.717, 1.165) is 24.0 Å². The maximum Gasteiger partial charge on any atom is 0.226 e. The number of amides is 1. The molecule has 0 bridgehead atoms. The molecule has 0 aliphatic rings. The van der Waals surface area contributed by atoms with Crippen molar-refractivity contribution in [3.8, 4) is 0 Å². The Labute approximate surface area is 128 Å². The highest BCUT2D eigenvalue weighted by Crippen LogP contribution is 2.28. The van der Waals surface area contributed by atoms with Gasteiger partial charge in [0.05, 0.1) is 15.1 Å². The second-order valence-electron chi connectivity index (χ2n) is 4.93. The lowest BCUT2D eigenvalue weighted by Gasteiger charge is -1.99. The van der Waals surface area contributed by atoms with Crippen LogP contribution in [0.3, 0.4) is 0 Å². The van der Waals surface area contributed by atoms with Crippen molar-refractivity contribution in [1.29, 1.82) is 0 Å². The van der Waals surface area contributed by atoms with Crippen LogP contribution >= 0.6 is 11.3 Å². The monoisotopic (exact) mass is 326 g/mol. The van der Waals surface area contributed by atoms with Crippen molar-refractivity contribution in [3.05, 3.63) is 18.2 Å². The number of sulfone groups is 1. The van der Waals surface area contributed by atoms with Crippen LogP contribution in [0.1, 0.15) is 32.6 Å². The van der Waals surface area contributed by atoms with E-state index in [1.54, 1.807) is 12.1 Å². The number of hydrogen-bond donors (Lipinski definition) is 1. The minimum Gasteiger partial charge on any atom is -0.302 e. The Morgan fingerprint density at radius 3 is 2.76 bits per heavy atom. The lowest BCUT2D eigenvalue weighted by Crippen LogP contribution is -2.10. The number of unbranched alkanes of at least 4 members (excludes halogenated alkanes) is 2. The van der Waals surface area contributed by atoms with Crippen LogP contribution < -0.4 is 5.32 Å². The van der Waals surface area contributed by atoms with Crippen molar-refractivity contribution in [2.45, 2.75) is 37.5 Å². The van der Waals surface area contributed by atoms with Crippen LogP contribution in [0, 0.1) is 0 Å². The second-order valence-corrected chi connectivity index (χ2v) is 7.97. The van der Waals surface area contributed by atoms with Gasteiger partial charge in [-0.05, 0) is 24.6 Å². The molecule has 2 rings (SSSR count). The molecular weight excluding hydrogens is 308 g/mol. The third-order valence-electron chi connectivity index (χ3n) is 3.04. The highest BCUT2D eigenvalue weighted by atomic mass is 32.2. The normalized spacial score (nSPS) is 11.7. The largest absolute Gasteiger partial charge is 0.302 e. The molecule has 21 heavy (non-hydrogen) atoms. The van der Waals surface area contributed by atoms with Gasteiger partial charge in [-0.25, -0.2) is 13.4 Å². The molecule has 0 aliphatic carbocycles. The van der Waals surface area contributed by atoms with Crippen LogP contribution in [-0.4, -0.2) is 25.6 Å². The zero-order valence-corrected chi connectivity index (χ0v) is 13.7. The molecule has 0 fully saturated rings. The molecular formula is C14H18N2O3S2. The number of carbonyl (C=O) groups excluding carboxylic acids is 1. The van der Waals surface area contributed by atoms with E-state index in [0.29, 0.717) is 17.1 Å². The van der Waals surface area contributed by atoms with Crippen molar-refractivity contribution in [1.82, 2.24) is 4.98 Å². The van der Waals surface area contributed by atoms with E-state index in [9.17, 15) is 13.2 Å². The first-order valence-corrected chi connectivity index (χ1v) is 9.51. The molecule has 0 radical (unpaired) electrons. The summed E-state index contributed by atoms with van der Waals surface area (Å²) in [6.07, 6.45) is 4.63. The summed E-state index contributed by atoms with van der Waals surface area (Å²) < 4.78 is 23.8. The van der Waals surface area contributed by atoms with Crippen molar-refractivity contribution < 1.29 is 13.2 Å². The van der Waals surface area contributed by atoms with Crippen LogP contribution in [0.2, 0.25) is 0 Å². The Morgan fingerprint density at radius 2 is 2.10 bits per heavy atom. The van der Waals surface area contributed by atoms with Crippen molar-refractivity contribution >= 4 is 42.4 Å². The number of rotatable bonds is 6. The summed E-state index contributed by atoms with van der Waals surface area (Å²) in [6.45, 7) is 2.09. The molecule has 1 heterocycles. The van der Waals surface area contributed by atoms with Gasteiger partial charge in [0.25, 0.3) is 0 Å². The SMILES string of the molecule is CCCCCC(=O)Nc1nc2ccc(S(C)(=O)=O)cc2s1. The quantitative estimate of drug-likeness (QED) is 0.827. The molecule has 1 amide bonds. The lowest BCUT2D eigenvalue weighted by molar-refractivity contribution is -0.116. The van der Waals surface area contributed by atoms with Gasteiger partial charge < -0.3 is 5.32 Å². The first-order valence-electron chi connectivity index (χ1n) is 6.80. The van der Waals surface area contributed by atoms with Crippen LogP contribution in [-0.2, 0) is 14.6 Å². The molecule has 0 atom stereocenters. The molecule has 5 nitrogen and oxygen atoms in total. The first-order chi connectivity index (χ1) is 9.90. The standard InChI is InChI=1S/C14H18N2O3S2/c1-3-4-5-6-13(17)16-14-15-11-8-7-10(21(2,18)19)9-12(11)20-14/h7-9H,3-6H2,1-2H3,(H,15,16,17). The van der Waals surface area contributed by atoms with Gasteiger partial charge in [0, 0.05) is 12.7 Å². The minimum absolute atomic E-state index is 0.0501. The number of thiazole rings is 1. The van der Waals surface area contributed by atoms with Crippen LogP contribution in [0.15, 0.2) is 23.1 Å². The molecule has 0 saturated carbocycles. The fourth-order valence-corrected chi connectivity index (χ4v) is 3.55. The van der Waals surface area contributed by atoms with E-state index >= 15 is 0 Å². The zero-order valence-electron chi connectivity index (χ0n) is 12.0. The molecule has 1 aromatic carbocycles. The van der Waals surface area contributed by atoms with Crippen molar-refractivity contribution in [2.24, 2.45) is 0 Å². The fourth-order valence-electron chi connectivity index (χ4n) is 1.91. The molecule has 1 N–H and O–H groups in total. The highest BCUT2D eigenvalue weighted by molar-refractivity contribution is 7.90. The van der Waals surface area contributed by atoms with Crippen molar-refractivity contribution in [2.75, 3.05) is 11.6 Å². The molecule has 0 spiro atoms. The summed E-state index contributed by atoms with van der Waals surface area (Å²) >= 11 is 1.29. The lowest BCUT2D eigenvalue weighted by atomic mass is 10.2. The number of benzene rings is 1. The number of nitrogens with one attached hydrogen (secondary N) is 1. The molecule has 1 aromatic heterocycles. The maximum absolute atomic E-state index is 11.7. The van der Waals surface area contributed by atoms with Crippen LogP contribution in [0.25, 0.3) is 10.2 Å². The number of anilines is 1. The van der Waals surface area contributed by atoms with E-state index in [1.165, 1.54) is 23.7 Å². The summed E-state index contributed by atoms with van der Waals surface area (Å²) in [5.74, 6) is -0.0501. The third-order valence-corrected chi connectivity index (χ3v) is 5.09. The van der Waals surface area contributed by atoms with Crippen LogP contribution in [0.4, 0.5) is 5.13 Å². The first kappa shape index (κ1) is 15.9. The van der Waals surface area contributed by atoms with Crippen molar-refractivity contribution in [3.63, 3.8) is 0 Å². The second kappa shape index (κ2) is 6.53. The predicted octanol–water partition coefficient (Wildman–Crippen LogP) is 3.22.